The summed E-state index contributed by atoms with van der Waals surface area (Å²) in [7, 11) is 0. The Labute approximate surface area is 180 Å². The number of carbonyl (C=O) groups is 1. The molecule has 1 atom stereocenters. The molecule has 1 saturated heterocycles. The second kappa shape index (κ2) is 9.82. The van der Waals surface area contributed by atoms with Crippen LogP contribution in [0.1, 0.15) is 33.2 Å². The van der Waals surface area contributed by atoms with Gasteiger partial charge in [-0.3, -0.25) is 9.78 Å². The van der Waals surface area contributed by atoms with Crippen LogP contribution in [-0.2, 0) is 17.8 Å². The second-order valence-electron chi connectivity index (χ2n) is 7.42. The molecule has 3 aromatic rings. The minimum Gasteiger partial charge on any atom is -0.493 e. The Balaban J connectivity index is 1.49. The third kappa shape index (κ3) is 5.43. The molecule has 0 unspecified atom stereocenters. The molecule has 2 aromatic heterocycles. The lowest BCUT2D eigenvalue weighted by Crippen LogP contribution is -2.30. The normalized spacial score (nSPS) is 15.8. The van der Waals surface area contributed by atoms with Crippen LogP contribution in [0.2, 0.25) is 0 Å². The van der Waals surface area contributed by atoms with Gasteiger partial charge in [0.15, 0.2) is 0 Å². The number of nitrogens with zero attached hydrogens (tertiary/aromatic N) is 3. The minimum atomic E-state index is -0.0978. The van der Waals surface area contributed by atoms with E-state index in [4.69, 9.17) is 9.47 Å². The van der Waals surface area contributed by atoms with Gasteiger partial charge in [-0.05, 0) is 43.2 Å². The van der Waals surface area contributed by atoms with Crippen molar-refractivity contribution in [3.05, 3.63) is 76.0 Å². The average molecular weight is 424 g/mol. The van der Waals surface area contributed by atoms with Gasteiger partial charge in [-0.1, -0.05) is 18.2 Å². The Hall–Kier alpha value is -2.77. The lowest BCUT2D eigenvalue weighted by atomic mass is 10.1. The van der Waals surface area contributed by atoms with E-state index in [1.807, 2.05) is 54.8 Å². The minimum absolute atomic E-state index is 0.0978. The van der Waals surface area contributed by atoms with Crippen LogP contribution < -0.4 is 4.74 Å². The molecule has 0 radical (unpaired) electrons. The Kier molecular flexibility index (Phi) is 6.71. The van der Waals surface area contributed by atoms with Crippen molar-refractivity contribution in [1.29, 1.82) is 0 Å². The molecule has 30 heavy (non-hydrogen) atoms. The molecule has 0 aliphatic carbocycles. The molecule has 1 aliphatic rings. The van der Waals surface area contributed by atoms with Gasteiger partial charge in [0, 0.05) is 30.6 Å². The van der Waals surface area contributed by atoms with E-state index >= 15 is 0 Å². The number of pyridine rings is 1. The van der Waals surface area contributed by atoms with Gasteiger partial charge in [0.25, 0.3) is 5.91 Å². The fourth-order valence-corrected chi connectivity index (χ4v) is 3.98. The van der Waals surface area contributed by atoms with Crippen molar-refractivity contribution in [2.24, 2.45) is 5.92 Å². The fraction of sp³-hybridized carbons (Fsp3) is 0.348. The monoisotopic (exact) mass is 423 g/mol. The zero-order valence-electron chi connectivity index (χ0n) is 17.0. The number of amides is 1. The van der Waals surface area contributed by atoms with Crippen molar-refractivity contribution >= 4 is 17.2 Å². The van der Waals surface area contributed by atoms with E-state index < -0.39 is 0 Å². The maximum atomic E-state index is 13.1. The summed E-state index contributed by atoms with van der Waals surface area (Å²) in [6.45, 7) is 5.00. The Morgan fingerprint density at radius 2 is 2.20 bits per heavy atom. The summed E-state index contributed by atoms with van der Waals surface area (Å²) in [6, 6.07) is 13.7. The summed E-state index contributed by atoms with van der Waals surface area (Å²) in [6.07, 6.45) is 2.78. The number of aromatic nitrogens is 2. The molecule has 0 saturated carbocycles. The predicted molar refractivity (Wildman–Crippen MR) is 116 cm³/mol. The van der Waals surface area contributed by atoms with Crippen LogP contribution in [0.25, 0.3) is 0 Å². The van der Waals surface area contributed by atoms with Crippen molar-refractivity contribution < 1.29 is 14.3 Å². The van der Waals surface area contributed by atoms with Crippen molar-refractivity contribution in [2.45, 2.75) is 26.4 Å². The van der Waals surface area contributed by atoms with E-state index in [0.717, 1.165) is 41.6 Å². The lowest BCUT2D eigenvalue weighted by molar-refractivity contribution is 0.0722. The largest absolute Gasteiger partial charge is 0.493 e. The van der Waals surface area contributed by atoms with Crippen LogP contribution in [0.5, 0.6) is 5.75 Å². The highest BCUT2D eigenvalue weighted by atomic mass is 32.1. The third-order valence-electron chi connectivity index (χ3n) is 4.99. The quantitative estimate of drug-likeness (QED) is 0.546. The van der Waals surface area contributed by atoms with Crippen LogP contribution in [0.15, 0.2) is 54.0 Å². The zero-order valence-corrected chi connectivity index (χ0v) is 17.8. The van der Waals surface area contributed by atoms with Gasteiger partial charge in [-0.15, -0.1) is 11.3 Å². The maximum Gasteiger partial charge on any atom is 0.273 e. The molecule has 0 N–H and O–H groups in total. The molecule has 4 rings (SSSR count). The summed E-state index contributed by atoms with van der Waals surface area (Å²) in [5.74, 6) is 1.16. The number of thiazole rings is 1. The van der Waals surface area contributed by atoms with Crippen molar-refractivity contribution in [1.82, 2.24) is 14.9 Å². The number of ether oxygens (including phenoxy) is 2. The summed E-state index contributed by atoms with van der Waals surface area (Å²) in [5, 5.41) is 2.69. The van der Waals surface area contributed by atoms with Gasteiger partial charge in [0.1, 0.15) is 11.4 Å². The average Bonchev–Trinajstić information content (AvgIpc) is 3.44. The van der Waals surface area contributed by atoms with Gasteiger partial charge in [-0.2, -0.15) is 0 Å². The highest BCUT2D eigenvalue weighted by Crippen LogP contribution is 2.20. The van der Waals surface area contributed by atoms with E-state index in [1.54, 1.807) is 11.1 Å². The molecular formula is C23H25N3O3S. The maximum absolute atomic E-state index is 13.1. The van der Waals surface area contributed by atoms with Crippen molar-refractivity contribution in [3.63, 3.8) is 0 Å². The Bertz CT molecular complexity index is 971. The highest BCUT2D eigenvalue weighted by molar-refractivity contribution is 7.09. The summed E-state index contributed by atoms with van der Waals surface area (Å²) in [5.41, 5.74) is 2.32. The molecule has 1 aromatic carbocycles. The predicted octanol–water partition coefficient (Wildman–Crippen LogP) is 4.10. The highest BCUT2D eigenvalue weighted by Gasteiger charge is 2.20. The summed E-state index contributed by atoms with van der Waals surface area (Å²) < 4.78 is 11.4. The van der Waals surface area contributed by atoms with E-state index in [1.165, 1.54) is 11.3 Å². The Morgan fingerprint density at radius 1 is 1.27 bits per heavy atom. The summed E-state index contributed by atoms with van der Waals surface area (Å²) in [4.78, 5) is 23.7. The standard InChI is InChI=1S/C23H25N3O3S/c1-17-25-22(16-30-17)23(27)26(13-20-6-2-3-9-24-20)12-18-5-4-7-21(11-18)29-15-19-8-10-28-14-19/h2-7,9,11,16,19H,8,10,12-15H2,1H3/t19-/m1/s1. The molecule has 3 heterocycles. The molecule has 6 nitrogen and oxygen atoms in total. The number of rotatable bonds is 8. The first-order valence-electron chi connectivity index (χ1n) is 10.1. The van der Waals surface area contributed by atoms with E-state index in [-0.39, 0.29) is 5.91 Å². The number of benzene rings is 1. The lowest BCUT2D eigenvalue weighted by Gasteiger charge is -2.22. The van der Waals surface area contributed by atoms with Crippen LogP contribution in [-0.4, -0.2) is 40.6 Å². The van der Waals surface area contributed by atoms with Gasteiger partial charge < -0.3 is 14.4 Å². The zero-order chi connectivity index (χ0) is 20.8. The molecule has 0 spiro atoms. The molecule has 1 aliphatic heterocycles. The number of hydrogen-bond acceptors (Lipinski definition) is 6. The second-order valence-corrected chi connectivity index (χ2v) is 8.48. The van der Waals surface area contributed by atoms with Gasteiger partial charge in [-0.25, -0.2) is 4.98 Å². The molecule has 1 fully saturated rings. The van der Waals surface area contributed by atoms with E-state index in [9.17, 15) is 4.79 Å². The smallest absolute Gasteiger partial charge is 0.273 e. The van der Waals surface area contributed by atoms with Gasteiger partial charge in [0.2, 0.25) is 0 Å². The van der Waals surface area contributed by atoms with Crippen molar-refractivity contribution in [2.75, 3.05) is 19.8 Å². The number of aryl methyl sites for hydroxylation is 1. The van der Waals surface area contributed by atoms with Crippen molar-refractivity contribution in [3.8, 4) is 5.75 Å². The topological polar surface area (TPSA) is 64.6 Å². The molecule has 156 valence electrons. The van der Waals surface area contributed by atoms with Crippen LogP contribution >= 0.6 is 11.3 Å². The first-order chi connectivity index (χ1) is 14.7. The van der Waals surface area contributed by atoms with Gasteiger partial charge in [0.05, 0.1) is 30.5 Å². The van der Waals surface area contributed by atoms with Crippen LogP contribution in [0.3, 0.4) is 0 Å². The first-order valence-corrected chi connectivity index (χ1v) is 11.0. The van der Waals surface area contributed by atoms with Gasteiger partial charge >= 0.3 is 0 Å². The van der Waals surface area contributed by atoms with E-state index in [2.05, 4.69) is 9.97 Å². The first kappa shape index (κ1) is 20.5. The van der Waals surface area contributed by atoms with Crippen LogP contribution in [0.4, 0.5) is 0 Å². The van der Waals surface area contributed by atoms with E-state index in [0.29, 0.717) is 31.3 Å². The fourth-order valence-electron chi connectivity index (χ4n) is 3.39. The molecule has 1 amide bonds. The number of hydrogen-bond donors (Lipinski definition) is 0. The SMILES string of the molecule is Cc1nc(C(=O)N(Cc2cccc(OC[C@@H]3CCOC3)c2)Cc2ccccn2)cs1. The Morgan fingerprint density at radius 3 is 2.93 bits per heavy atom. The number of carbonyl (C=O) groups excluding carboxylic acids is 1. The summed E-state index contributed by atoms with van der Waals surface area (Å²) >= 11 is 1.48. The molecule has 0 bridgehead atoms. The molecular weight excluding hydrogens is 398 g/mol. The third-order valence-corrected chi connectivity index (χ3v) is 5.76. The molecule has 7 heteroatoms. The van der Waals surface area contributed by atoms with Crippen LogP contribution in [0, 0.1) is 12.8 Å².